The number of aromatic nitrogens is 3. The van der Waals surface area contributed by atoms with Crippen LogP contribution in [-0.4, -0.2) is 59.9 Å². The van der Waals surface area contributed by atoms with Gasteiger partial charge in [-0.15, -0.1) is 0 Å². The van der Waals surface area contributed by atoms with Crippen LogP contribution in [0.3, 0.4) is 0 Å². The smallest absolute Gasteiger partial charge is 0.238 e. The van der Waals surface area contributed by atoms with Crippen molar-refractivity contribution in [1.29, 1.82) is 0 Å². The maximum atomic E-state index is 12.7. The first kappa shape index (κ1) is 20.3. The van der Waals surface area contributed by atoms with Crippen LogP contribution >= 0.6 is 0 Å². The van der Waals surface area contributed by atoms with E-state index in [0.29, 0.717) is 18.8 Å². The van der Waals surface area contributed by atoms with Crippen LogP contribution < -0.4 is 4.74 Å². The number of hydrogen-bond donors (Lipinski definition) is 0. The Hall–Kier alpha value is -2.94. The average Bonchev–Trinajstić information content (AvgIpc) is 3.10. The minimum Gasteiger partial charge on any atom is -0.497 e. The van der Waals surface area contributed by atoms with E-state index < -0.39 is 15.6 Å². The summed E-state index contributed by atoms with van der Waals surface area (Å²) >= 11 is 0. The summed E-state index contributed by atoms with van der Waals surface area (Å²) in [4.78, 5) is 18.8. The van der Waals surface area contributed by atoms with Gasteiger partial charge in [-0.3, -0.25) is 9.48 Å². The van der Waals surface area contributed by atoms with Gasteiger partial charge in [-0.05, 0) is 49.2 Å². The summed E-state index contributed by atoms with van der Waals surface area (Å²) in [7, 11) is -0.304. The van der Waals surface area contributed by atoms with Gasteiger partial charge in [0.2, 0.25) is 5.91 Å². The largest absolute Gasteiger partial charge is 0.497 e. The van der Waals surface area contributed by atoms with E-state index in [-0.39, 0.29) is 16.7 Å². The van der Waals surface area contributed by atoms with Crippen molar-refractivity contribution >= 4 is 26.8 Å². The molecule has 3 heterocycles. The summed E-state index contributed by atoms with van der Waals surface area (Å²) in [6.45, 7) is 1.03. The molecule has 0 aliphatic carbocycles. The number of sulfone groups is 1. The van der Waals surface area contributed by atoms with Crippen LogP contribution in [0.1, 0.15) is 24.5 Å². The molecule has 1 amide bonds. The molecule has 1 fully saturated rings. The molecule has 0 atom stereocenters. The number of nitrogens with zero attached hydrogens (tertiary/aromatic N) is 4. The van der Waals surface area contributed by atoms with Crippen molar-refractivity contribution in [3.05, 3.63) is 48.3 Å². The molecule has 4 rings (SSSR count). The number of likely N-dealkylation sites (tertiary alicyclic amines) is 1. The molecule has 0 bridgehead atoms. The number of carbonyl (C=O) groups excluding carboxylic acids is 1. The van der Waals surface area contributed by atoms with Crippen molar-refractivity contribution < 1.29 is 17.9 Å². The number of piperidine rings is 1. The van der Waals surface area contributed by atoms with E-state index in [0.717, 1.165) is 29.6 Å². The number of carbonyl (C=O) groups is 1. The van der Waals surface area contributed by atoms with E-state index in [1.165, 1.54) is 19.2 Å². The molecule has 1 aromatic carbocycles. The third-order valence-corrected chi connectivity index (χ3v) is 7.21. The van der Waals surface area contributed by atoms with Crippen molar-refractivity contribution in [2.45, 2.75) is 23.7 Å². The standard InChI is InChI=1S/C21H24N4O4S/c1-24-21-18(4-3-11-22-21)20(23-24)15-9-12-25(13-10-15)19(26)14-30(27,28)17-7-5-16(29-2)6-8-17/h3-8,11,15H,9-10,12-14H2,1-2H3. The van der Waals surface area contributed by atoms with Gasteiger partial charge in [0, 0.05) is 37.6 Å². The van der Waals surface area contributed by atoms with E-state index in [9.17, 15) is 13.2 Å². The predicted octanol–water partition coefficient (Wildman–Crippen LogP) is 2.16. The van der Waals surface area contributed by atoms with Gasteiger partial charge >= 0.3 is 0 Å². The predicted molar refractivity (Wildman–Crippen MR) is 112 cm³/mol. The quantitative estimate of drug-likeness (QED) is 0.618. The first-order chi connectivity index (χ1) is 14.4. The lowest BCUT2D eigenvalue weighted by Gasteiger charge is -2.31. The van der Waals surface area contributed by atoms with Gasteiger partial charge in [-0.1, -0.05) is 0 Å². The van der Waals surface area contributed by atoms with Crippen LogP contribution in [-0.2, 0) is 21.7 Å². The van der Waals surface area contributed by atoms with E-state index in [2.05, 4.69) is 10.1 Å². The van der Waals surface area contributed by atoms with Gasteiger partial charge in [-0.2, -0.15) is 5.10 Å². The lowest BCUT2D eigenvalue weighted by atomic mass is 9.92. The Balaban J connectivity index is 1.41. The minimum atomic E-state index is -3.70. The summed E-state index contributed by atoms with van der Waals surface area (Å²) in [6, 6.07) is 10.0. The lowest BCUT2D eigenvalue weighted by molar-refractivity contribution is -0.129. The fourth-order valence-electron chi connectivity index (χ4n) is 3.94. The molecule has 8 nitrogen and oxygen atoms in total. The highest BCUT2D eigenvalue weighted by atomic mass is 32.2. The number of ether oxygens (including phenoxy) is 1. The molecule has 0 unspecified atom stereocenters. The van der Waals surface area contributed by atoms with Gasteiger partial charge in [0.25, 0.3) is 0 Å². The van der Waals surface area contributed by atoms with E-state index in [4.69, 9.17) is 4.74 Å². The highest BCUT2D eigenvalue weighted by molar-refractivity contribution is 7.92. The van der Waals surface area contributed by atoms with Gasteiger partial charge < -0.3 is 9.64 Å². The molecular formula is C21H24N4O4S. The maximum Gasteiger partial charge on any atom is 0.238 e. The molecule has 0 saturated carbocycles. The molecular weight excluding hydrogens is 404 g/mol. The molecule has 1 aliphatic rings. The zero-order valence-corrected chi connectivity index (χ0v) is 17.8. The molecule has 158 valence electrons. The SMILES string of the molecule is COc1ccc(S(=O)(=O)CC(=O)N2CCC(c3nn(C)c4ncccc34)CC2)cc1. The van der Waals surface area contributed by atoms with Crippen molar-refractivity contribution in [2.24, 2.45) is 7.05 Å². The number of pyridine rings is 1. The number of amides is 1. The lowest BCUT2D eigenvalue weighted by Crippen LogP contribution is -2.41. The summed E-state index contributed by atoms with van der Waals surface area (Å²) in [6.07, 6.45) is 3.24. The van der Waals surface area contributed by atoms with Crippen molar-refractivity contribution in [3.8, 4) is 5.75 Å². The Labute approximate surface area is 175 Å². The molecule has 0 radical (unpaired) electrons. The van der Waals surface area contributed by atoms with Crippen LogP contribution in [0, 0.1) is 0 Å². The fraction of sp³-hybridized carbons (Fsp3) is 0.381. The maximum absolute atomic E-state index is 12.7. The number of hydrogen-bond acceptors (Lipinski definition) is 6. The monoisotopic (exact) mass is 428 g/mol. The second-order valence-corrected chi connectivity index (χ2v) is 9.46. The molecule has 3 aromatic rings. The Morgan fingerprint density at radius 2 is 1.87 bits per heavy atom. The van der Waals surface area contributed by atoms with Crippen LogP contribution in [0.2, 0.25) is 0 Å². The second-order valence-electron chi connectivity index (χ2n) is 7.47. The highest BCUT2D eigenvalue weighted by Crippen LogP contribution is 2.31. The summed E-state index contributed by atoms with van der Waals surface area (Å²) in [5.41, 5.74) is 1.84. The number of benzene rings is 1. The number of fused-ring (bicyclic) bond motifs is 1. The van der Waals surface area contributed by atoms with Crippen LogP contribution in [0.4, 0.5) is 0 Å². The third-order valence-electron chi connectivity index (χ3n) is 5.59. The van der Waals surface area contributed by atoms with Crippen molar-refractivity contribution in [3.63, 3.8) is 0 Å². The molecule has 2 aromatic heterocycles. The zero-order chi connectivity index (χ0) is 21.3. The third kappa shape index (κ3) is 3.89. The van der Waals surface area contributed by atoms with E-state index in [1.807, 2.05) is 19.2 Å². The van der Waals surface area contributed by atoms with Crippen molar-refractivity contribution in [1.82, 2.24) is 19.7 Å². The number of methoxy groups -OCH3 is 1. The first-order valence-electron chi connectivity index (χ1n) is 9.81. The molecule has 30 heavy (non-hydrogen) atoms. The van der Waals surface area contributed by atoms with Gasteiger partial charge in [0.15, 0.2) is 15.5 Å². The zero-order valence-electron chi connectivity index (χ0n) is 17.0. The molecule has 1 aliphatic heterocycles. The van der Waals surface area contributed by atoms with Gasteiger partial charge in [0.05, 0.1) is 17.7 Å². The van der Waals surface area contributed by atoms with Gasteiger partial charge in [0.1, 0.15) is 11.5 Å². The number of rotatable bonds is 5. The normalized spacial score (nSPS) is 15.5. The molecule has 9 heteroatoms. The minimum absolute atomic E-state index is 0.124. The highest BCUT2D eigenvalue weighted by Gasteiger charge is 2.29. The first-order valence-corrected chi connectivity index (χ1v) is 11.5. The molecule has 0 spiro atoms. The van der Waals surface area contributed by atoms with Gasteiger partial charge in [-0.25, -0.2) is 13.4 Å². The van der Waals surface area contributed by atoms with Crippen LogP contribution in [0.25, 0.3) is 11.0 Å². The van der Waals surface area contributed by atoms with Crippen molar-refractivity contribution in [2.75, 3.05) is 26.0 Å². The second kappa shape index (κ2) is 8.06. The fourth-order valence-corrected chi connectivity index (χ4v) is 5.17. The Bertz CT molecular complexity index is 1160. The summed E-state index contributed by atoms with van der Waals surface area (Å²) in [5.74, 6) is -0.1000. The Morgan fingerprint density at radius 1 is 1.17 bits per heavy atom. The van der Waals surface area contributed by atoms with E-state index >= 15 is 0 Å². The average molecular weight is 429 g/mol. The Morgan fingerprint density at radius 3 is 2.53 bits per heavy atom. The van der Waals surface area contributed by atoms with Crippen LogP contribution in [0.5, 0.6) is 5.75 Å². The number of aryl methyl sites for hydroxylation is 1. The topological polar surface area (TPSA) is 94.4 Å². The summed E-state index contributed by atoms with van der Waals surface area (Å²) < 4.78 is 32.1. The van der Waals surface area contributed by atoms with E-state index in [1.54, 1.807) is 27.9 Å². The Kier molecular flexibility index (Phi) is 5.46. The molecule has 0 N–H and O–H groups in total. The summed E-state index contributed by atoms with van der Waals surface area (Å²) in [5, 5.41) is 5.68. The molecule has 1 saturated heterocycles. The van der Waals surface area contributed by atoms with Crippen LogP contribution in [0.15, 0.2) is 47.5 Å².